The Bertz CT molecular complexity index is 514. The highest BCUT2D eigenvalue weighted by atomic mass is 79.9. The molecule has 0 aliphatic heterocycles. The molecule has 0 radical (unpaired) electrons. The van der Waals surface area contributed by atoms with Crippen molar-refractivity contribution in [3.8, 4) is 0 Å². The van der Waals surface area contributed by atoms with Gasteiger partial charge in [0.2, 0.25) is 0 Å². The maximum Gasteiger partial charge on any atom is 0.126 e. The van der Waals surface area contributed by atoms with Gasteiger partial charge in [-0.2, -0.15) is 0 Å². The van der Waals surface area contributed by atoms with E-state index in [1.165, 1.54) is 23.5 Å². The van der Waals surface area contributed by atoms with E-state index in [0.29, 0.717) is 9.90 Å². The van der Waals surface area contributed by atoms with E-state index in [1.54, 1.807) is 0 Å². The Hall–Kier alpha value is -0.450. The summed E-state index contributed by atoms with van der Waals surface area (Å²) in [7, 11) is 0. The Morgan fingerprint density at radius 3 is 2.24 bits per heavy atom. The van der Waals surface area contributed by atoms with E-state index in [9.17, 15) is 8.78 Å². The Kier molecular flexibility index (Phi) is 3.85. The lowest BCUT2D eigenvalue weighted by atomic mass is 10.1. The number of alkyl halides is 1. The molecule has 90 valence electrons. The SMILES string of the molecule is Cc1cc(C(Br)c2cc(F)cc(F)c2)sc1Cl. The van der Waals surface area contributed by atoms with E-state index in [2.05, 4.69) is 15.9 Å². The average Bonchev–Trinajstić information content (AvgIpc) is 2.57. The van der Waals surface area contributed by atoms with E-state index in [0.717, 1.165) is 16.5 Å². The van der Waals surface area contributed by atoms with Gasteiger partial charge >= 0.3 is 0 Å². The molecular formula is C12H8BrClF2S. The fraction of sp³-hybridized carbons (Fsp3) is 0.167. The molecule has 0 aliphatic rings. The molecule has 0 amide bonds. The van der Waals surface area contributed by atoms with Gasteiger partial charge < -0.3 is 0 Å². The van der Waals surface area contributed by atoms with Crippen molar-refractivity contribution >= 4 is 38.9 Å². The van der Waals surface area contributed by atoms with E-state index >= 15 is 0 Å². The third-order valence-electron chi connectivity index (χ3n) is 2.30. The molecule has 17 heavy (non-hydrogen) atoms. The number of halogens is 4. The average molecular weight is 338 g/mol. The summed E-state index contributed by atoms with van der Waals surface area (Å²) in [4.78, 5) is 0.682. The van der Waals surface area contributed by atoms with Crippen LogP contribution in [0.4, 0.5) is 8.78 Å². The largest absolute Gasteiger partial charge is 0.207 e. The minimum Gasteiger partial charge on any atom is -0.207 e. The number of rotatable bonds is 2. The summed E-state index contributed by atoms with van der Waals surface area (Å²) in [5.74, 6) is -1.16. The molecule has 0 spiro atoms. The van der Waals surface area contributed by atoms with Crippen molar-refractivity contribution in [1.82, 2.24) is 0 Å². The van der Waals surface area contributed by atoms with Gasteiger partial charge in [0.25, 0.3) is 0 Å². The maximum atomic E-state index is 13.1. The lowest BCUT2D eigenvalue weighted by molar-refractivity contribution is 0.580. The predicted molar refractivity (Wildman–Crippen MR) is 71.2 cm³/mol. The zero-order valence-electron chi connectivity index (χ0n) is 8.81. The van der Waals surface area contributed by atoms with E-state index in [-0.39, 0.29) is 4.83 Å². The lowest BCUT2D eigenvalue weighted by Crippen LogP contribution is -1.92. The molecule has 1 aromatic heterocycles. The first-order chi connectivity index (χ1) is 7.97. The van der Waals surface area contributed by atoms with Crippen molar-refractivity contribution < 1.29 is 8.78 Å². The van der Waals surface area contributed by atoms with Crippen molar-refractivity contribution in [2.24, 2.45) is 0 Å². The van der Waals surface area contributed by atoms with Crippen molar-refractivity contribution in [3.63, 3.8) is 0 Å². The smallest absolute Gasteiger partial charge is 0.126 e. The van der Waals surface area contributed by atoms with Crippen LogP contribution in [0.5, 0.6) is 0 Å². The van der Waals surface area contributed by atoms with Crippen LogP contribution in [0.15, 0.2) is 24.3 Å². The highest BCUT2D eigenvalue weighted by molar-refractivity contribution is 9.09. The van der Waals surface area contributed by atoms with Gasteiger partial charge in [-0.25, -0.2) is 8.78 Å². The minimum atomic E-state index is -0.580. The Morgan fingerprint density at radius 2 is 1.76 bits per heavy atom. The highest BCUT2D eigenvalue weighted by Gasteiger charge is 2.16. The van der Waals surface area contributed by atoms with Gasteiger partial charge in [-0.15, -0.1) is 11.3 Å². The standard InChI is InChI=1S/C12H8BrClF2S/c1-6-2-10(17-12(6)14)11(13)7-3-8(15)5-9(16)4-7/h2-5,11H,1H3. The van der Waals surface area contributed by atoms with Gasteiger partial charge in [0.15, 0.2) is 0 Å². The molecule has 5 heteroatoms. The zero-order valence-corrected chi connectivity index (χ0v) is 12.0. The van der Waals surface area contributed by atoms with Crippen LogP contribution in [0.1, 0.15) is 20.8 Å². The molecule has 1 unspecified atom stereocenters. The molecular weight excluding hydrogens is 330 g/mol. The topological polar surface area (TPSA) is 0 Å². The first kappa shape index (κ1) is 13.0. The van der Waals surface area contributed by atoms with Crippen LogP contribution in [0.2, 0.25) is 4.34 Å². The summed E-state index contributed by atoms with van der Waals surface area (Å²) in [6.45, 7) is 1.90. The predicted octanol–water partition coefficient (Wildman–Crippen LogP) is 5.47. The first-order valence-corrected chi connectivity index (χ1v) is 6.94. The molecule has 0 saturated heterocycles. The number of thiophene rings is 1. The molecule has 0 nitrogen and oxygen atoms in total. The van der Waals surface area contributed by atoms with E-state index in [1.807, 2.05) is 13.0 Å². The summed E-state index contributed by atoms with van der Waals surface area (Å²) < 4.78 is 26.9. The van der Waals surface area contributed by atoms with Gasteiger partial charge in [-0.1, -0.05) is 27.5 Å². The second-order valence-corrected chi connectivity index (χ2v) is 6.27. The molecule has 1 heterocycles. The molecule has 2 rings (SSSR count). The quantitative estimate of drug-likeness (QED) is 0.637. The Labute approximate surface area is 115 Å². The number of hydrogen-bond donors (Lipinski definition) is 0. The summed E-state index contributed by atoms with van der Waals surface area (Å²) in [5.41, 5.74) is 1.51. The number of hydrogen-bond acceptors (Lipinski definition) is 1. The Balaban J connectivity index is 2.39. The van der Waals surface area contributed by atoms with Crippen LogP contribution in [0.3, 0.4) is 0 Å². The fourth-order valence-corrected chi connectivity index (χ4v) is 3.39. The third-order valence-corrected chi connectivity index (χ3v) is 5.25. The molecule has 0 saturated carbocycles. The van der Waals surface area contributed by atoms with E-state index < -0.39 is 11.6 Å². The van der Waals surface area contributed by atoms with Crippen LogP contribution >= 0.6 is 38.9 Å². The monoisotopic (exact) mass is 336 g/mol. The lowest BCUT2D eigenvalue weighted by Gasteiger charge is -2.08. The van der Waals surface area contributed by atoms with Gasteiger partial charge in [-0.3, -0.25) is 0 Å². The molecule has 0 fully saturated rings. The molecule has 1 aromatic carbocycles. The van der Waals surface area contributed by atoms with Crippen molar-refractivity contribution in [2.45, 2.75) is 11.8 Å². The van der Waals surface area contributed by atoms with Crippen LogP contribution in [-0.2, 0) is 0 Å². The summed E-state index contributed by atoms with van der Waals surface area (Å²) in [6.07, 6.45) is 0. The number of benzene rings is 1. The van der Waals surface area contributed by atoms with Gasteiger partial charge in [0.05, 0.1) is 9.16 Å². The minimum absolute atomic E-state index is 0.246. The molecule has 0 bridgehead atoms. The summed E-state index contributed by atoms with van der Waals surface area (Å²) in [5, 5.41) is 0. The third kappa shape index (κ3) is 2.87. The first-order valence-electron chi connectivity index (χ1n) is 4.83. The molecule has 1 atom stereocenters. The molecule has 0 aliphatic carbocycles. The fourth-order valence-electron chi connectivity index (χ4n) is 1.49. The second-order valence-electron chi connectivity index (χ2n) is 3.67. The zero-order chi connectivity index (χ0) is 12.6. The van der Waals surface area contributed by atoms with Gasteiger partial charge in [-0.05, 0) is 36.2 Å². The van der Waals surface area contributed by atoms with Crippen molar-refractivity contribution in [3.05, 3.63) is 56.2 Å². The summed E-state index contributed by atoms with van der Waals surface area (Å²) in [6, 6.07) is 5.39. The van der Waals surface area contributed by atoms with E-state index in [4.69, 9.17) is 11.6 Å². The van der Waals surface area contributed by atoms with Crippen molar-refractivity contribution in [1.29, 1.82) is 0 Å². The van der Waals surface area contributed by atoms with Crippen LogP contribution in [0, 0.1) is 18.6 Å². The summed E-state index contributed by atoms with van der Waals surface area (Å²) >= 11 is 10.8. The van der Waals surface area contributed by atoms with Crippen LogP contribution in [-0.4, -0.2) is 0 Å². The van der Waals surface area contributed by atoms with Crippen molar-refractivity contribution in [2.75, 3.05) is 0 Å². The van der Waals surface area contributed by atoms with Crippen LogP contribution in [0.25, 0.3) is 0 Å². The second kappa shape index (κ2) is 5.04. The van der Waals surface area contributed by atoms with Gasteiger partial charge in [0.1, 0.15) is 11.6 Å². The normalized spacial score (nSPS) is 12.8. The van der Waals surface area contributed by atoms with Gasteiger partial charge in [0, 0.05) is 10.9 Å². The maximum absolute atomic E-state index is 13.1. The highest BCUT2D eigenvalue weighted by Crippen LogP contribution is 2.39. The molecule has 2 aromatic rings. The van der Waals surface area contributed by atoms with Crippen LogP contribution < -0.4 is 0 Å². The molecule has 0 N–H and O–H groups in total. The number of aryl methyl sites for hydroxylation is 1. The Morgan fingerprint density at radius 1 is 1.18 bits per heavy atom.